The van der Waals surface area contributed by atoms with Gasteiger partial charge in [-0.2, -0.15) is 4.31 Å². The topological polar surface area (TPSA) is 92.3 Å². The Balaban J connectivity index is 1.39. The van der Waals surface area contributed by atoms with Crippen molar-refractivity contribution in [3.8, 4) is 0 Å². The summed E-state index contributed by atoms with van der Waals surface area (Å²) in [7, 11) is -3.44. The van der Waals surface area contributed by atoms with E-state index in [0.717, 1.165) is 30.5 Å². The standard InChI is InChI=1S/C17H20N4O3S2/c22-17(20-16-13-3-1-4-14(13)18-11-19-16)12-6-8-21(9-7-12)26(23,24)15-5-2-10-25-15/h2,5,10-12H,1,3-4,6-9H2,(H,18,19,20,22). The molecule has 3 heterocycles. The summed E-state index contributed by atoms with van der Waals surface area (Å²) >= 11 is 1.22. The van der Waals surface area contributed by atoms with Crippen molar-refractivity contribution in [1.82, 2.24) is 14.3 Å². The fraction of sp³-hybridized carbons (Fsp3) is 0.471. The molecule has 0 spiro atoms. The third-order valence-electron chi connectivity index (χ3n) is 5.03. The van der Waals surface area contributed by atoms with Gasteiger partial charge in [0.15, 0.2) is 0 Å². The smallest absolute Gasteiger partial charge is 0.252 e. The van der Waals surface area contributed by atoms with Gasteiger partial charge in [0.25, 0.3) is 10.0 Å². The second-order valence-electron chi connectivity index (χ2n) is 6.60. The molecule has 0 radical (unpaired) electrons. The number of rotatable bonds is 4. The molecule has 1 fully saturated rings. The molecule has 0 aromatic carbocycles. The molecule has 0 unspecified atom stereocenters. The van der Waals surface area contributed by atoms with Gasteiger partial charge < -0.3 is 5.32 Å². The zero-order valence-corrected chi connectivity index (χ0v) is 15.9. The third kappa shape index (κ3) is 3.26. The van der Waals surface area contributed by atoms with Gasteiger partial charge in [0, 0.05) is 30.3 Å². The number of thiophene rings is 1. The van der Waals surface area contributed by atoms with Gasteiger partial charge in [-0.15, -0.1) is 11.3 Å². The molecular weight excluding hydrogens is 372 g/mol. The molecule has 1 N–H and O–H groups in total. The van der Waals surface area contributed by atoms with Gasteiger partial charge in [-0.05, 0) is 43.6 Å². The summed E-state index contributed by atoms with van der Waals surface area (Å²) in [6.07, 6.45) is 5.39. The summed E-state index contributed by atoms with van der Waals surface area (Å²) < 4.78 is 27.0. The SMILES string of the molecule is O=C(Nc1ncnc2c1CCC2)C1CCN(S(=O)(=O)c2cccs2)CC1. The van der Waals surface area contributed by atoms with E-state index in [1.807, 2.05) is 0 Å². The van der Waals surface area contributed by atoms with E-state index < -0.39 is 10.0 Å². The van der Waals surface area contributed by atoms with Gasteiger partial charge in [0.1, 0.15) is 16.4 Å². The zero-order chi connectivity index (χ0) is 18.1. The second kappa shape index (κ2) is 7.05. The van der Waals surface area contributed by atoms with Crippen LogP contribution in [-0.4, -0.2) is 41.7 Å². The number of carbonyl (C=O) groups is 1. The van der Waals surface area contributed by atoms with Crippen LogP contribution in [0.4, 0.5) is 5.82 Å². The molecule has 138 valence electrons. The number of hydrogen-bond acceptors (Lipinski definition) is 6. The minimum atomic E-state index is -3.44. The van der Waals surface area contributed by atoms with Gasteiger partial charge in [-0.25, -0.2) is 18.4 Å². The molecule has 9 heteroatoms. The minimum absolute atomic E-state index is 0.0778. The number of aromatic nitrogens is 2. The summed E-state index contributed by atoms with van der Waals surface area (Å²) in [5.41, 5.74) is 2.06. The van der Waals surface area contributed by atoms with Crippen LogP contribution in [0, 0.1) is 5.92 Å². The van der Waals surface area contributed by atoms with E-state index in [-0.39, 0.29) is 11.8 Å². The maximum Gasteiger partial charge on any atom is 0.252 e. The molecule has 0 atom stereocenters. The molecule has 7 nitrogen and oxygen atoms in total. The number of amides is 1. The van der Waals surface area contributed by atoms with Crippen LogP contribution in [0.2, 0.25) is 0 Å². The molecule has 2 aliphatic rings. The van der Waals surface area contributed by atoms with Gasteiger partial charge in [0.2, 0.25) is 5.91 Å². The van der Waals surface area contributed by atoms with Gasteiger partial charge in [-0.1, -0.05) is 6.07 Å². The summed E-state index contributed by atoms with van der Waals surface area (Å²) in [6.45, 7) is 0.723. The number of carbonyl (C=O) groups excluding carboxylic acids is 1. The quantitative estimate of drug-likeness (QED) is 0.860. The molecule has 0 saturated carbocycles. The number of sulfonamides is 1. The number of hydrogen-bond donors (Lipinski definition) is 1. The van der Waals surface area contributed by atoms with E-state index in [2.05, 4.69) is 15.3 Å². The molecule has 1 aliphatic heterocycles. The first kappa shape index (κ1) is 17.6. The van der Waals surface area contributed by atoms with Crippen molar-refractivity contribution >= 4 is 33.1 Å². The van der Waals surface area contributed by atoms with Gasteiger partial charge >= 0.3 is 0 Å². The first-order valence-corrected chi connectivity index (χ1v) is 11.0. The minimum Gasteiger partial charge on any atom is -0.310 e. The van der Waals surface area contributed by atoms with E-state index in [1.54, 1.807) is 17.5 Å². The number of aryl methyl sites for hydroxylation is 1. The number of fused-ring (bicyclic) bond motifs is 1. The number of piperidine rings is 1. The summed E-state index contributed by atoms with van der Waals surface area (Å²) in [4.78, 5) is 21.1. The molecule has 1 amide bonds. The Morgan fingerprint density at radius 2 is 2.04 bits per heavy atom. The van der Waals surface area contributed by atoms with Crippen LogP contribution in [0.1, 0.15) is 30.5 Å². The Morgan fingerprint density at radius 3 is 2.77 bits per heavy atom. The van der Waals surface area contributed by atoms with Crippen molar-refractivity contribution in [2.24, 2.45) is 5.92 Å². The lowest BCUT2D eigenvalue weighted by molar-refractivity contribution is -0.120. The van der Waals surface area contributed by atoms with Crippen LogP contribution in [0.15, 0.2) is 28.0 Å². The predicted molar refractivity (Wildman–Crippen MR) is 98.5 cm³/mol. The third-order valence-corrected chi connectivity index (χ3v) is 8.30. The molecule has 4 rings (SSSR count). The van der Waals surface area contributed by atoms with Crippen LogP contribution in [0.25, 0.3) is 0 Å². The van der Waals surface area contributed by atoms with Crippen molar-refractivity contribution in [3.05, 3.63) is 35.1 Å². The van der Waals surface area contributed by atoms with E-state index in [1.165, 1.54) is 22.0 Å². The van der Waals surface area contributed by atoms with Crippen LogP contribution < -0.4 is 5.32 Å². The highest BCUT2D eigenvalue weighted by Crippen LogP contribution is 2.28. The number of nitrogens with one attached hydrogen (secondary N) is 1. The molecule has 1 saturated heterocycles. The lowest BCUT2D eigenvalue weighted by atomic mass is 9.97. The summed E-state index contributed by atoms with van der Waals surface area (Å²) in [5.74, 6) is 0.342. The zero-order valence-electron chi connectivity index (χ0n) is 14.2. The first-order chi connectivity index (χ1) is 12.6. The maximum atomic E-state index is 12.6. The predicted octanol–water partition coefficient (Wildman–Crippen LogP) is 2.07. The molecule has 2 aromatic rings. The van der Waals surface area contributed by atoms with Crippen molar-refractivity contribution < 1.29 is 13.2 Å². The highest BCUT2D eigenvalue weighted by Gasteiger charge is 2.33. The highest BCUT2D eigenvalue weighted by atomic mass is 32.2. The monoisotopic (exact) mass is 392 g/mol. The fourth-order valence-electron chi connectivity index (χ4n) is 3.58. The van der Waals surface area contributed by atoms with Crippen molar-refractivity contribution in [1.29, 1.82) is 0 Å². The number of anilines is 1. The Labute approximate surface area is 156 Å². The van der Waals surface area contributed by atoms with Gasteiger partial charge in [0.05, 0.1) is 0 Å². The molecule has 26 heavy (non-hydrogen) atoms. The van der Waals surface area contributed by atoms with Crippen molar-refractivity contribution in [2.75, 3.05) is 18.4 Å². The van der Waals surface area contributed by atoms with Crippen molar-refractivity contribution in [2.45, 2.75) is 36.3 Å². The Hall–Kier alpha value is -1.84. The molecular formula is C17H20N4O3S2. The Bertz CT molecular complexity index is 904. The normalized spacial score (nSPS) is 18.6. The van der Waals surface area contributed by atoms with Crippen LogP contribution in [-0.2, 0) is 27.7 Å². The maximum absolute atomic E-state index is 12.6. The lowest BCUT2D eigenvalue weighted by Crippen LogP contribution is -2.41. The molecule has 2 aromatic heterocycles. The number of nitrogens with zero attached hydrogens (tertiary/aromatic N) is 3. The van der Waals surface area contributed by atoms with Crippen LogP contribution >= 0.6 is 11.3 Å². The first-order valence-electron chi connectivity index (χ1n) is 8.73. The average molecular weight is 393 g/mol. The van der Waals surface area contributed by atoms with Crippen LogP contribution in [0.5, 0.6) is 0 Å². The van der Waals surface area contributed by atoms with Crippen molar-refractivity contribution in [3.63, 3.8) is 0 Å². The molecule has 1 aliphatic carbocycles. The largest absolute Gasteiger partial charge is 0.310 e. The second-order valence-corrected chi connectivity index (χ2v) is 9.71. The Kier molecular flexibility index (Phi) is 4.76. The van der Waals surface area contributed by atoms with Gasteiger partial charge in [-0.3, -0.25) is 4.79 Å². The van der Waals surface area contributed by atoms with E-state index >= 15 is 0 Å². The van der Waals surface area contributed by atoms with E-state index in [0.29, 0.717) is 36.0 Å². The fourth-order valence-corrected chi connectivity index (χ4v) is 6.20. The highest BCUT2D eigenvalue weighted by molar-refractivity contribution is 7.91. The van der Waals surface area contributed by atoms with Crippen LogP contribution in [0.3, 0.4) is 0 Å². The van der Waals surface area contributed by atoms with E-state index in [4.69, 9.17) is 0 Å². The average Bonchev–Trinajstić information content (AvgIpc) is 3.34. The lowest BCUT2D eigenvalue weighted by Gasteiger charge is -2.30. The summed E-state index contributed by atoms with van der Waals surface area (Å²) in [5, 5.41) is 4.69. The molecule has 0 bridgehead atoms. The van der Waals surface area contributed by atoms with E-state index in [9.17, 15) is 13.2 Å². The Morgan fingerprint density at radius 1 is 1.23 bits per heavy atom. The summed E-state index contributed by atoms with van der Waals surface area (Å²) in [6, 6.07) is 3.35.